The lowest BCUT2D eigenvalue weighted by Crippen LogP contribution is -2.44. The van der Waals surface area contributed by atoms with Crippen molar-refractivity contribution >= 4 is 34.7 Å². The van der Waals surface area contributed by atoms with E-state index in [1.54, 1.807) is 6.20 Å². The molecule has 0 radical (unpaired) electrons. The van der Waals surface area contributed by atoms with Crippen LogP contribution >= 0.6 is 11.6 Å². The van der Waals surface area contributed by atoms with Gasteiger partial charge in [-0.3, -0.25) is 0 Å². The van der Waals surface area contributed by atoms with Crippen LogP contribution in [0.4, 0.5) is 23.1 Å². The number of hydrogen-bond acceptors (Lipinski definition) is 7. The Morgan fingerprint density at radius 3 is 2.52 bits per heavy atom. The third-order valence-corrected chi connectivity index (χ3v) is 5.24. The number of aromatic nitrogens is 2. The topological polar surface area (TPSA) is 69.5 Å². The number of likely N-dealkylation sites (N-methyl/N-ethyl adjacent to an activating group) is 1. The quantitative estimate of drug-likeness (QED) is 0.630. The smallest absolute Gasteiger partial charge is 0.229 e. The van der Waals surface area contributed by atoms with E-state index in [2.05, 4.69) is 49.6 Å². The minimum atomic E-state index is 0.462. The second-order valence-electron chi connectivity index (χ2n) is 7.22. The fourth-order valence-electron chi connectivity index (χ4n) is 3.25. The highest BCUT2D eigenvalue weighted by Crippen LogP contribution is 2.24. The Balaban J connectivity index is 1.39. The molecule has 1 aliphatic heterocycles. The Bertz CT molecular complexity index is 950. The average Bonchev–Trinajstić information content (AvgIpc) is 3.15. The van der Waals surface area contributed by atoms with E-state index in [0.29, 0.717) is 23.3 Å². The predicted octanol–water partition coefficient (Wildman–Crippen LogP) is 4.14. The van der Waals surface area contributed by atoms with Gasteiger partial charge in [-0.2, -0.15) is 4.98 Å². The van der Waals surface area contributed by atoms with Crippen LogP contribution in [-0.4, -0.2) is 48.1 Å². The molecule has 29 heavy (non-hydrogen) atoms. The molecule has 2 N–H and O–H groups in total. The number of nitrogens with one attached hydrogen (secondary N) is 2. The molecule has 7 nitrogen and oxygen atoms in total. The lowest BCUT2D eigenvalue weighted by Gasteiger charge is -2.34. The molecule has 152 valence electrons. The predicted molar refractivity (Wildman–Crippen MR) is 117 cm³/mol. The van der Waals surface area contributed by atoms with Crippen LogP contribution in [0, 0.1) is 6.92 Å². The molecule has 3 aromatic rings. The molecule has 0 aliphatic carbocycles. The van der Waals surface area contributed by atoms with Gasteiger partial charge in [0.2, 0.25) is 5.95 Å². The molecule has 1 fully saturated rings. The maximum absolute atomic E-state index is 6.23. The van der Waals surface area contributed by atoms with Gasteiger partial charge in [-0.15, -0.1) is 0 Å². The van der Waals surface area contributed by atoms with Gasteiger partial charge in [-0.05, 0) is 50.4 Å². The van der Waals surface area contributed by atoms with Crippen LogP contribution in [0.2, 0.25) is 5.02 Å². The van der Waals surface area contributed by atoms with Crippen LogP contribution in [0.3, 0.4) is 0 Å². The van der Waals surface area contributed by atoms with Gasteiger partial charge >= 0.3 is 0 Å². The Kier molecular flexibility index (Phi) is 5.87. The fourth-order valence-corrected chi connectivity index (χ4v) is 3.41. The summed E-state index contributed by atoms with van der Waals surface area (Å²) >= 11 is 6.23. The Labute approximate surface area is 175 Å². The normalized spacial score (nSPS) is 14.8. The molecule has 0 bridgehead atoms. The van der Waals surface area contributed by atoms with Gasteiger partial charge in [0.05, 0.1) is 12.7 Å². The van der Waals surface area contributed by atoms with Gasteiger partial charge < -0.3 is 24.9 Å². The van der Waals surface area contributed by atoms with E-state index in [9.17, 15) is 0 Å². The second kappa shape index (κ2) is 8.71. The van der Waals surface area contributed by atoms with Gasteiger partial charge in [0.25, 0.3) is 0 Å². The summed E-state index contributed by atoms with van der Waals surface area (Å²) < 4.78 is 5.57. The van der Waals surface area contributed by atoms with E-state index in [1.807, 2.05) is 31.2 Å². The number of halogens is 1. The zero-order valence-electron chi connectivity index (χ0n) is 16.7. The Morgan fingerprint density at radius 1 is 1.07 bits per heavy atom. The number of hydrogen-bond donors (Lipinski definition) is 2. The minimum absolute atomic E-state index is 0.462. The fraction of sp³-hybridized carbons (Fsp3) is 0.333. The van der Waals surface area contributed by atoms with Crippen molar-refractivity contribution in [2.75, 3.05) is 48.8 Å². The maximum Gasteiger partial charge on any atom is 0.229 e. The van der Waals surface area contributed by atoms with E-state index < -0.39 is 0 Å². The first-order valence-corrected chi connectivity index (χ1v) is 10.1. The van der Waals surface area contributed by atoms with E-state index in [0.717, 1.165) is 43.4 Å². The molecule has 8 heteroatoms. The zero-order chi connectivity index (χ0) is 20.2. The van der Waals surface area contributed by atoms with Crippen LogP contribution in [0.1, 0.15) is 11.5 Å². The van der Waals surface area contributed by atoms with Crippen LogP contribution in [-0.2, 0) is 6.54 Å². The summed E-state index contributed by atoms with van der Waals surface area (Å²) in [6, 6.07) is 12.2. The molecule has 3 heterocycles. The van der Waals surface area contributed by atoms with Crippen LogP contribution in [0.15, 0.2) is 47.0 Å². The van der Waals surface area contributed by atoms with Crippen molar-refractivity contribution in [3.63, 3.8) is 0 Å². The molecule has 1 saturated heterocycles. The minimum Gasteiger partial charge on any atom is -0.465 e. The number of benzene rings is 1. The molecular weight excluding hydrogens is 388 g/mol. The van der Waals surface area contributed by atoms with Crippen molar-refractivity contribution < 1.29 is 4.42 Å². The molecule has 0 saturated carbocycles. The van der Waals surface area contributed by atoms with Crippen molar-refractivity contribution in [3.8, 4) is 0 Å². The third-order valence-electron chi connectivity index (χ3n) is 4.96. The zero-order valence-corrected chi connectivity index (χ0v) is 17.4. The summed E-state index contributed by atoms with van der Waals surface area (Å²) in [5.41, 5.74) is 2.16. The second-order valence-corrected chi connectivity index (χ2v) is 7.63. The molecular formula is C21H25ClN6O. The van der Waals surface area contributed by atoms with Crippen molar-refractivity contribution in [2.24, 2.45) is 0 Å². The monoisotopic (exact) mass is 412 g/mol. The molecule has 0 amide bonds. The van der Waals surface area contributed by atoms with Gasteiger partial charge in [0.1, 0.15) is 16.5 Å². The summed E-state index contributed by atoms with van der Waals surface area (Å²) in [7, 11) is 2.16. The van der Waals surface area contributed by atoms with E-state index in [1.165, 1.54) is 5.69 Å². The number of rotatable bonds is 6. The van der Waals surface area contributed by atoms with Gasteiger partial charge in [-0.1, -0.05) is 11.6 Å². The Hall–Kier alpha value is -2.77. The van der Waals surface area contributed by atoms with Gasteiger partial charge in [0.15, 0.2) is 5.82 Å². The first-order chi connectivity index (χ1) is 14.1. The summed E-state index contributed by atoms with van der Waals surface area (Å²) in [5.74, 6) is 2.75. The van der Waals surface area contributed by atoms with E-state index in [-0.39, 0.29) is 0 Å². The van der Waals surface area contributed by atoms with E-state index in [4.69, 9.17) is 16.0 Å². The first kappa shape index (κ1) is 19.5. The highest BCUT2D eigenvalue weighted by molar-refractivity contribution is 6.32. The number of aryl methyl sites for hydroxylation is 1. The first-order valence-electron chi connectivity index (χ1n) is 9.69. The largest absolute Gasteiger partial charge is 0.465 e. The molecule has 1 aliphatic rings. The van der Waals surface area contributed by atoms with Crippen molar-refractivity contribution in [1.82, 2.24) is 14.9 Å². The average molecular weight is 413 g/mol. The third kappa shape index (κ3) is 4.99. The van der Waals surface area contributed by atoms with Crippen molar-refractivity contribution in [3.05, 3.63) is 59.1 Å². The van der Waals surface area contributed by atoms with Gasteiger partial charge in [-0.25, -0.2) is 4.98 Å². The molecule has 1 aromatic carbocycles. The Morgan fingerprint density at radius 2 is 1.83 bits per heavy atom. The summed E-state index contributed by atoms with van der Waals surface area (Å²) in [6.45, 7) is 6.70. The molecule has 2 aromatic heterocycles. The summed E-state index contributed by atoms with van der Waals surface area (Å²) in [6.07, 6.45) is 1.59. The molecule has 0 unspecified atom stereocenters. The number of furan rings is 1. The highest BCUT2D eigenvalue weighted by atomic mass is 35.5. The summed E-state index contributed by atoms with van der Waals surface area (Å²) in [5, 5.41) is 6.90. The maximum atomic E-state index is 6.23. The van der Waals surface area contributed by atoms with Crippen molar-refractivity contribution in [2.45, 2.75) is 13.5 Å². The number of piperazine rings is 1. The number of anilines is 4. The lowest BCUT2D eigenvalue weighted by atomic mass is 10.2. The van der Waals surface area contributed by atoms with Crippen LogP contribution in [0.25, 0.3) is 0 Å². The lowest BCUT2D eigenvalue weighted by molar-refractivity contribution is 0.313. The highest BCUT2D eigenvalue weighted by Gasteiger charge is 2.14. The standard InChI is InChI=1S/C21H25ClN6O/c1-15-3-8-18(29-15)13-23-20-19(22)14-24-21(26-20)25-16-4-6-17(7-5-16)28-11-9-27(2)10-12-28/h3-8,14H,9-13H2,1-2H3,(H2,23,24,25,26). The molecule has 0 atom stereocenters. The summed E-state index contributed by atoms with van der Waals surface area (Å²) in [4.78, 5) is 13.5. The van der Waals surface area contributed by atoms with E-state index >= 15 is 0 Å². The SMILES string of the molecule is Cc1ccc(CNc2nc(Nc3ccc(N4CCN(C)CC4)cc3)ncc2Cl)o1. The van der Waals surface area contributed by atoms with Gasteiger partial charge in [0, 0.05) is 37.6 Å². The van der Waals surface area contributed by atoms with Crippen LogP contribution in [0.5, 0.6) is 0 Å². The molecule has 4 rings (SSSR count). The number of nitrogens with zero attached hydrogens (tertiary/aromatic N) is 4. The van der Waals surface area contributed by atoms with Crippen LogP contribution < -0.4 is 15.5 Å². The molecule has 0 spiro atoms. The van der Waals surface area contributed by atoms with Crippen molar-refractivity contribution in [1.29, 1.82) is 0 Å².